The van der Waals surface area contributed by atoms with Gasteiger partial charge in [0.15, 0.2) is 0 Å². The molecule has 0 saturated carbocycles. The van der Waals surface area contributed by atoms with Crippen LogP contribution in [0.2, 0.25) is 0 Å². The van der Waals surface area contributed by atoms with Gasteiger partial charge in [0.1, 0.15) is 0 Å². The quantitative estimate of drug-likeness (QED) is 0.567. The summed E-state index contributed by atoms with van der Waals surface area (Å²) in [7, 11) is 0. The first-order chi connectivity index (χ1) is 4.18. The molecule has 0 aromatic carbocycles. The summed E-state index contributed by atoms with van der Waals surface area (Å²) in [6.45, 7) is 4.22. The molecule has 0 rings (SSSR count). The van der Waals surface area contributed by atoms with Crippen LogP contribution >= 0.6 is 0 Å². The van der Waals surface area contributed by atoms with Gasteiger partial charge in [-0.25, -0.2) is 0 Å². The van der Waals surface area contributed by atoms with E-state index in [9.17, 15) is 0 Å². The van der Waals surface area contributed by atoms with Crippen LogP contribution in [0.15, 0.2) is 0 Å². The van der Waals surface area contributed by atoms with E-state index in [1.165, 1.54) is 0 Å². The summed E-state index contributed by atoms with van der Waals surface area (Å²) in [6.07, 6.45) is 6.89. The summed E-state index contributed by atoms with van der Waals surface area (Å²) in [5.74, 6) is 2.67. The highest BCUT2D eigenvalue weighted by Crippen LogP contribution is 2.23. The molecule has 0 saturated heterocycles. The van der Waals surface area contributed by atoms with Crippen molar-refractivity contribution in [3.63, 3.8) is 0 Å². The zero-order chi connectivity index (χ0) is 7.33. The molecule has 0 aliphatic rings. The van der Waals surface area contributed by atoms with Crippen molar-refractivity contribution in [1.82, 2.24) is 0 Å². The zero-order valence-electron chi connectivity index (χ0n) is 6.15. The Morgan fingerprint density at radius 3 is 2.33 bits per heavy atom. The maximum absolute atomic E-state index is 8.57. The van der Waals surface area contributed by atoms with Crippen LogP contribution in [-0.2, 0) is 0 Å². The molecule has 0 fully saturated rings. The predicted octanol–water partition coefficient (Wildman–Crippen LogP) is 1.42. The molecule has 0 aromatic heterocycles. The maximum atomic E-state index is 8.57. The average Bonchev–Trinajstić information content (AvgIpc) is 1.89. The average molecular weight is 126 g/mol. The molecule has 1 unspecified atom stereocenters. The van der Waals surface area contributed by atoms with Crippen molar-refractivity contribution in [2.45, 2.75) is 26.7 Å². The molecule has 9 heavy (non-hydrogen) atoms. The highest BCUT2D eigenvalue weighted by Gasteiger charge is 2.16. The topological polar surface area (TPSA) is 20.2 Å². The molecule has 0 spiro atoms. The van der Waals surface area contributed by atoms with E-state index in [1.54, 1.807) is 0 Å². The number of terminal acetylenes is 1. The summed E-state index contributed by atoms with van der Waals surface area (Å²) in [5, 5.41) is 8.57. The van der Waals surface area contributed by atoms with E-state index in [4.69, 9.17) is 11.5 Å². The smallest absolute Gasteiger partial charge is 0.0445 e. The standard InChI is InChI=1S/C8H14O/c1-4-8(3,5-2)6-7-9/h1,9H,5-7H2,2-3H3. The zero-order valence-corrected chi connectivity index (χ0v) is 6.15. The first kappa shape index (κ1) is 8.52. The molecule has 0 aliphatic carbocycles. The third kappa shape index (κ3) is 2.53. The first-order valence-electron chi connectivity index (χ1n) is 3.27. The van der Waals surface area contributed by atoms with Crippen LogP contribution in [0.5, 0.6) is 0 Å². The lowest BCUT2D eigenvalue weighted by Crippen LogP contribution is -2.13. The van der Waals surface area contributed by atoms with Gasteiger partial charge < -0.3 is 5.11 Å². The SMILES string of the molecule is C#CC(C)(CC)CCO. The van der Waals surface area contributed by atoms with Crippen molar-refractivity contribution in [3.8, 4) is 12.3 Å². The van der Waals surface area contributed by atoms with Crippen LogP contribution < -0.4 is 0 Å². The van der Waals surface area contributed by atoms with Gasteiger partial charge in [-0.15, -0.1) is 12.3 Å². The van der Waals surface area contributed by atoms with Gasteiger partial charge in [0.25, 0.3) is 0 Å². The highest BCUT2D eigenvalue weighted by molar-refractivity contribution is 5.01. The minimum atomic E-state index is -0.0885. The third-order valence-electron chi connectivity index (χ3n) is 1.79. The van der Waals surface area contributed by atoms with Crippen molar-refractivity contribution in [2.75, 3.05) is 6.61 Å². The predicted molar refractivity (Wildman–Crippen MR) is 38.9 cm³/mol. The lowest BCUT2D eigenvalue weighted by molar-refractivity contribution is 0.233. The van der Waals surface area contributed by atoms with E-state index >= 15 is 0 Å². The number of aliphatic hydroxyl groups excluding tert-OH is 1. The lowest BCUT2D eigenvalue weighted by Gasteiger charge is -2.19. The molecule has 0 bridgehead atoms. The largest absolute Gasteiger partial charge is 0.396 e. The molecule has 0 radical (unpaired) electrons. The van der Waals surface area contributed by atoms with Gasteiger partial charge in [-0.3, -0.25) is 0 Å². The van der Waals surface area contributed by atoms with E-state index in [2.05, 4.69) is 5.92 Å². The normalized spacial score (nSPS) is 16.2. The van der Waals surface area contributed by atoms with Crippen molar-refractivity contribution in [2.24, 2.45) is 5.41 Å². The van der Waals surface area contributed by atoms with Gasteiger partial charge in [-0.05, 0) is 19.8 Å². The molecule has 1 heteroatoms. The van der Waals surface area contributed by atoms with Crippen molar-refractivity contribution in [3.05, 3.63) is 0 Å². The fraction of sp³-hybridized carbons (Fsp3) is 0.750. The first-order valence-corrected chi connectivity index (χ1v) is 3.27. The van der Waals surface area contributed by atoms with Crippen molar-refractivity contribution >= 4 is 0 Å². The minimum absolute atomic E-state index is 0.0885. The van der Waals surface area contributed by atoms with Crippen LogP contribution in [-0.4, -0.2) is 11.7 Å². The van der Waals surface area contributed by atoms with Crippen LogP contribution in [0, 0.1) is 17.8 Å². The van der Waals surface area contributed by atoms with Crippen LogP contribution in [0.1, 0.15) is 26.7 Å². The Kier molecular flexibility index (Phi) is 3.34. The molecular formula is C8H14O. The van der Waals surface area contributed by atoms with Crippen molar-refractivity contribution in [1.29, 1.82) is 0 Å². The molecule has 1 nitrogen and oxygen atoms in total. The Morgan fingerprint density at radius 1 is 1.67 bits per heavy atom. The molecule has 52 valence electrons. The highest BCUT2D eigenvalue weighted by atomic mass is 16.3. The second kappa shape index (κ2) is 3.53. The third-order valence-corrected chi connectivity index (χ3v) is 1.79. The summed E-state index contributed by atoms with van der Waals surface area (Å²) < 4.78 is 0. The molecule has 0 aromatic rings. The second-order valence-electron chi connectivity index (χ2n) is 2.53. The number of aliphatic hydroxyl groups is 1. The van der Waals surface area contributed by atoms with E-state index in [-0.39, 0.29) is 12.0 Å². The van der Waals surface area contributed by atoms with Crippen molar-refractivity contribution < 1.29 is 5.11 Å². The van der Waals surface area contributed by atoms with Gasteiger partial charge in [0, 0.05) is 12.0 Å². The molecule has 1 atom stereocenters. The van der Waals surface area contributed by atoms with Gasteiger partial charge in [-0.2, -0.15) is 0 Å². The Morgan fingerprint density at radius 2 is 2.22 bits per heavy atom. The van der Waals surface area contributed by atoms with E-state index in [0.717, 1.165) is 6.42 Å². The Balaban J connectivity index is 3.81. The number of hydrogen-bond acceptors (Lipinski definition) is 1. The van der Waals surface area contributed by atoms with Crippen LogP contribution in [0.25, 0.3) is 0 Å². The minimum Gasteiger partial charge on any atom is -0.396 e. The van der Waals surface area contributed by atoms with E-state index in [0.29, 0.717) is 6.42 Å². The summed E-state index contributed by atoms with van der Waals surface area (Å²) in [4.78, 5) is 0. The molecular weight excluding hydrogens is 112 g/mol. The van der Waals surface area contributed by atoms with Gasteiger partial charge in [0.05, 0.1) is 0 Å². The fourth-order valence-corrected chi connectivity index (χ4v) is 0.598. The summed E-state index contributed by atoms with van der Waals surface area (Å²) >= 11 is 0. The molecule has 1 N–H and O–H groups in total. The van der Waals surface area contributed by atoms with Gasteiger partial charge >= 0.3 is 0 Å². The fourth-order valence-electron chi connectivity index (χ4n) is 0.598. The van der Waals surface area contributed by atoms with Gasteiger partial charge in [-0.1, -0.05) is 6.92 Å². The second-order valence-corrected chi connectivity index (χ2v) is 2.53. The molecule has 0 heterocycles. The van der Waals surface area contributed by atoms with Crippen LogP contribution in [0.4, 0.5) is 0 Å². The number of rotatable bonds is 3. The van der Waals surface area contributed by atoms with Gasteiger partial charge in [0.2, 0.25) is 0 Å². The monoisotopic (exact) mass is 126 g/mol. The molecule has 0 amide bonds. The molecule has 0 aliphatic heterocycles. The van der Waals surface area contributed by atoms with Crippen LogP contribution in [0.3, 0.4) is 0 Å². The summed E-state index contributed by atoms with van der Waals surface area (Å²) in [5.41, 5.74) is -0.0885. The Bertz CT molecular complexity index is 112. The summed E-state index contributed by atoms with van der Waals surface area (Å²) in [6, 6.07) is 0. The Hall–Kier alpha value is -0.480. The Labute approximate surface area is 57.1 Å². The number of hydrogen-bond donors (Lipinski definition) is 1. The van der Waals surface area contributed by atoms with E-state index < -0.39 is 0 Å². The maximum Gasteiger partial charge on any atom is 0.0445 e. The lowest BCUT2D eigenvalue weighted by atomic mass is 9.86. The van der Waals surface area contributed by atoms with E-state index in [1.807, 2.05) is 13.8 Å².